The second-order valence-corrected chi connectivity index (χ2v) is 37.7. The Hall–Kier alpha value is -3.56. The number of hydrogen-bond acceptors (Lipinski definition) is 8. The lowest BCUT2D eigenvalue weighted by molar-refractivity contribution is 0.393. The third kappa shape index (κ3) is 25.5. The van der Waals surface area contributed by atoms with E-state index in [0.29, 0.717) is 0 Å². The molecule has 0 unspecified atom stereocenters. The minimum atomic E-state index is -0.150. The molecule has 4 heterocycles. The zero-order valence-electron chi connectivity index (χ0n) is 69.5. The van der Waals surface area contributed by atoms with Crippen LogP contribution in [-0.4, -0.2) is 17.5 Å². The Balaban J connectivity index is 1.06. The highest BCUT2D eigenvalue weighted by molar-refractivity contribution is 7.17. The summed E-state index contributed by atoms with van der Waals surface area (Å²) in [5, 5.41) is 0. The quantitative estimate of drug-likeness (QED) is 0.0357. The molecule has 0 atom stereocenters. The first kappa shape index (κ1) is 86.4. The van der Waals surface area contributed by atoms with E-state index in [9.17, 15) is 0 Å². The fourth-order valence-corrected chi connectivity index (χ4v) is 22.4. The number of rotatable bonds is 63. The molecule has 0 N–H and O–H groups in total. The molecule has 0 bridgehead atoms. The number of fused-ring (bicyclic) bond motifs is 10. The summed E-state index contributed by atoms with van der Waals surface area (Å²) in [6.07, 6.45) is 87.1. The topological polar surface area (TPSA) is 51.6 Å². The molecule has 3 aromatic carbocycles. The van der Waals surface area contributed by atoms with Crippen molar-refractivity contribution < 1.29 is 0 Å². The largest absolute Gasteiger partial charge is 0.173 e. The van der Waals surface area contributed by atoms with Gasteiger partial charge >= 0.3 is 0 Å². The van der Waals surface area contributed by atoms with Gasteiger partial charge in [0.25, 0.3) is 0 Å². The summed E-state index contributed by atoms with van der Waals surface area (Å²) in [5.41, 5.74) is 21.8. The van der Waals surface area contributed by atoms with Gasteiger partial charge in [0.15, 0.2) is 0 Å². The average Bonchev–Trinajstić information content (AvgIpc) is 1.52. The lowest BCUT2D eigenvalue weighted by Crippen LogP contribution is -2.27. The molecule has 8 heteroatoms. The van der Waals surface area contributed by atoms with Crippen molar-refractivity contribution in [1.82, 2.24) is 17.5 Å². The van der Waals surface area contributed by atoms with Gasteiger partial charge in [-0.05, 0) is 146 Å². The number of nitrogens with zero attached hydrogens (tertiary/aromatic N) is 4. The van der Waals surface area contributed by atoms with E-state index in [1.54, 1.807) is 22.3 Å². The molecule has 106 heavy (non-hydrogen) atoms. The molecule has 0 radical (unpaired) electrons. The first-order valence-corrected chi connectivity index (χ1v) is 48.9. The van der Waals surface area contributed by atoms with Crippen molar-refractivity contribution >= 4 is 80.3 Å². The van der Waals surface area contributed by atoms with Crippen LogP contribution in [0.15, 0.2) is 36.4 Å². The Morgan fingerprint density at radius 3 is 0.840 bits per heavy atom. The Bertz CT molecular complexity index is 3520. The maximum atomic E-state index is 5.56. The van der Waals surface area contributed by atoms with Crippen LogP contribution >= 0.6 is 46.1 Å². The summed E-state index contributed by atoms with van der Waals surface area (Å²) in [7, 11) is 0. The van der Waals surface area contributed by atoms with Crippen LogP contribution in [-0.2, 0) is 10.8 Å². The van der Waals surface area contributed by atoms with Crippen molar-refractivity contribution in [2.45, 2.75) is 451 Å². The molecular formula is C98H152N4S4. The average molecular weight is 1510 g/mol. The van der Waals surface area contributed by atoms with Crippen LogP contribution in [0.1, 0.15) is 467 Å². The van der Waals surface area contributed by atoms with Gasteiger partial charge in [-0.25, -0.2) is 0 Å². The molecule has 0 spiro atoms. The van der Waals surface area contributed by atoms with Gasteiger partial charge in [-0.2, -0.15) is 17.5 Å². The highest BCUT2D eigenvalue weighted by Crippen LogP contribution is 2.64. The predicted octanol–water partition coefficient (Wildman–Crippen LogP) is 34.9. The van der Waals surface area contributed by atoms with Crippen LogP contribution in [0.3, 0.4) is 0 Å². The molecule has 2 aliphatic carbocycles. The van der Waals surface area contributed by atoms with Gasteiger partial charge in [0, 0.05) is 47.0 Å². The van der Waals surface area contributed by atoms with Crippen LogP contribution in [0, 0.1) is 27.7 Å². The molecule has 0 amide bonds. The molecule has 4 nitrogen and oxygen atoms in total. The predicted molar refractivity (Wildman–Crippen MR) is 476 cm³/mol. The molecule has 4 aromatic heterocycles. The van der Waals surface area contributed by atoms with Gasteiger partial charge in [-0.15, -0.1) is 22.7 Å². The standard InChI is InChI=1S/C98H152N4S4/c1-9-13-17-21-25-29-33-37-41-45-49-53-57-61-67-97(68-62-58-54-50-46-42-38-34-30-26-22-18-14-10-2)84-75-82-85(74-81(84)91-86(97)72-79(7)93-95(91)101-105-99-93)98(69-63-59-55-51-47-43-39-35-31-27-23-19-15-11-3,70-64-60-56-52-48-44-40-36-32-28-24-20-16-12-4)87-76-83(94-96(92(82)87)102-106-100-94)90-73-78(6)89(104-90)66-65-88-77(5)71-80(8)103-88/h65-66,71-76H,9-64,67-70H2,1-8H3/b66-65+. The van der Waals surface area contributed by atoms with Gasteiger partial charge in [-0.1, -0.05) is 393 Å². The van der Waals surface area contributed by atoms with E-state index < -0.39 is 0 Å². The first-order chi connectivity index (χ1) is 52.2. The fraction of sp³-hybridized carbons (Fsp3) is 0.714. The van der Waals surface area contributed by atoms with Crippen molar-refractivity contribution in [2.75, 3.05) is 0 Å². The Morgan fingerprint density at radius 2 is 0.519 bits per heavy atom. The molecular weight excluding hydrogens is 1360 g/mol. The summed E-state index contributed by atoms with van der Waals surface area (Å²) < 4.78 is 21.5. The van der Waals surface area contributed by atoms with Crippen LogP contribution in [0.25, 0.3) is 66.9 Å². The van der Waals surface area contributed by atoms with Crippen LogP contribution in [0.5, 0.6) is 0 Å². The Morgan fingerprint density at radius 1 is 0.255 bits per heavy atom. The van der Waals surface area contributed by atoms with E-state index in [-0.39, 0.29) is 10.8 Å². The molecule has 7 aromatic rings. The number of benzene rings is 3. The number of unbranched alkanes of at least 4 members (excludes halogenated alkanes) is 52. The molecule has 0 saturated heterocycles. The van der Waals surface area contributed by atoms with E-state index in [1.807, 2.05) is 22.7 Å². The molecule has 0 aliphatic heterocycles. The molecule has 0 saturated carbocycles. The van der Waals surface area contributed by atoms with Crippen molar-refractivity contribution in [1.29, 1.82) is 0 Å². The van der Waals surface area contributed by atoms with E-state index >= 15 is 0 Å². The monoisotopic (exact) mass is 1510 g/mol. The normalized spacial score (nSPS) is 13.6. The minimum absolute atomic E-state index is 0.0939. The summed E-state index contributed by atoms with van der Waals surface area (Å²) in [4.78, 5) is 5.42. The molecule has 9 rings (SSSR count). The fourth-order valence-electron chi connectivity index (χ4n) is 19.2. The van der Waals surface area contributed by atoms with Crippen LogP contribution in [0.2, 0.25) is 0 Å². The van der Waals surface area contributed by atoms with Gasteiger partial charge < -0.3 is 0 Å². The molecule has 2 aliphatic rings. The summed E-state index contributed by atoms with van der Waals surface area (Å²) in [5.74, 6) is 0. The third-order valence-corrected chi connectivity index (χ3v) is 29.0. The van der Waals surface area contributed by atoms with Gasteiger partial charge in [0.05, 0.1) is 23.5 Å². The second kappa shape index (κ2) is 49.1. The zero-order valence-corrected chi connectivity index (χ0v) is 72.7. The van der Waals surface area contributed by atoms with E-state index in [1.165, 1.54) is 478 Å². The van der Waals surface area contributed by atoms with Gasteiger partial charge in [0.1, 0.15) is 22.1 Å². The maximum absolute atomic E-state index is 5.56. The van der Waals surface area contributed by atoms with E-state index in [4.69, 9.17) is 17.5 Å². The Labute approximate surface area is 667 Å². The second-order valence-electron chi connectivity index (χ2n) is 34.3. The number of hydrogen-bond donors (Lipinski definition) is 0. The van der Waals surface area contributed by atoms with Crippen molar-refractivity contribution in [3.8, 4) is 32.7 Å². The lowest BCUT2D eigenvalue weighted by Gasteiger charge is -2.35. The van der Waals surface area contributed by atoms with Crippen molar-refractivity contribution in [2.24, 2.45) is 0 Å². The Kier molecular flexibility index (Phi) is 40.0. The third-order valence-electron chi connectivity index (χ3n) is 25.5. The molecule has 588 valence electrons. The highest BCUT2D eigenvalue weighted by atomic mass is 32.1. The first-order valence-electron chi connectivity index (χ1n) is 45.8. The molecule has 0 fully saturated rings. The number of aromatic nitrogens is 4. The van der Waals surface area contributed by atoms with Crippen molar-refractivity contribution in [3.63, 3.8) is 0 Å². The number of thiophene rings is 2. The van der Waals surface area contributed by atoms with Gasteiger partial charge in [0.2, 0.25) is 0 Å². The highest BCUT2D eigenvalue weighted by Gasteiger charge is 2.50. The lowest BCUT2D eigenvalue weighted by atomic mass is 9.68. The van der Waals surface area contributed by atoms with Crippen molar-refractivity contribution in [3.05, 3.63) is 90.0 Å². The summed E-state index contributed by atoms with van der Waals surface area (Å²) in [6, 6.07) is 15.9. The summed E-state index contributed by atoms with van der Waals surface area (Å²) in [6.45, 7) is 18.5. The maximum Gasteiger partial charge on any atom is 0.114 e. The minimum Gasteiger partial charge on any atom is -0.173 e. The van der Waals surface area contributed by atoms with Crippen LogP contribution in [0.4, 0.5) is 0 Å². The zero-order chi connectivity index (χ0) is 74.3. The van der Waals surface area contributed by atoms with Crippen LogP contribution < -0.4 is 0 Å². The van der Waals surface area contributed by atoms with Gasteiger partial charge in [-0.3, -0.25) is 0 Å². The smallest absolute Gasteiger partial charge is 0.114 e. The van der Waals surface area contributed by atoms with E-state index in [2.05, 4.69) is 104 Å². The SMILES string of the molecule is CCCCCCCCCCCCCCCCC1(CCCCCCCCCCCCCCCC)c2cc3c(cc2-c2c1cc(C)c1nsnc21)C(CCCCCCCCCCCCCCCC)(CCCCCCCCCCCCCCCC)c1cc(-c2cc(C)c(/C=C/c4sc(C)cc4C)s2)c2nsnc2c1-3. The number of aryl methyl sites for hydroxylation is 4. The van der Waals surface area contributed by atoms with E-state index in [0.717, 1.165) is 16.6 Å². The summed E-state index contributed by atoms with van der Waals surface area (Å²) >= 11 is 6.77.